The Morgan fingerprint density at radius 1 is 1.38 bits per heavy atom. The van der Waals surface area contributed by atoms with Crippen LogP contribution in [0.1, 0.15) is 0 Å². The van der Waals surface area contributed by atoms with Gasteiger partial charge in [-0.25, -0.2) is 0 Å². The van der Waals surface area contributed by atoms with Crippen LogP contribution in [-0.4, -0.2) is 30.7 Å². The molecule has 0 spiro atoms. The minimum atomic E-state index is 0.111. The Balaban J connectivity index is 2.20. The first kappa shape index (κ1) is 5.28. The van der Waals surface area contributed by atoms with Crippen LogP contribution < -0.4 is 0 Å². The summed E-state index contributed by atoms with van der Waals surface area (Å²) in [5.74, 6) is 0.111. The molecule has 0 aromatic heterocycles. The van der Waals surface area contributed by atoms with Crippen molar-refractivity contribution in [3.8, 4) is 0 Å². The van der Waals surface area contributed by atoms with E-state index >= 15 is 0 Å². The van der Waals surface area contributed by atoms with Crippen LogP contribution in [0.25, 0.3) is 0 Å². The number of amides is 1. The van der Waals surface area contributed by atoms with Gasteiger partial charge in [0.1, 0.15) is 6.29 Å². The molecular weight excluding hydrogens is 106 g/mol. The fourth-order valence-corrected chi connectivity index (χ4v) is 0.721. The van der Waals surface area contributed by atoms with Crippen LogP contribution in [0.2, 0.25) is 0 Å². The Kier molecular flexibility index (Phi) is 1.28. The molecule has 8 heavy (non-hydrogen) atoms. The Morgan fingerprint density at radius 2 is 2.00 bits per heavy atom. The summed E-state index contributed by atoms with van der Waals surface area (Å²) in [6.07, 6.45) is 1.65. The first-order valence-electron chi connectivity index (χ1n) is 2.51. The van der Waals surface area contributed by atoms with Crippen molar-refractivity contribution >= 4 is 12.7 Å². The summed E-state index contributed by atoms with van der Waals surface area (Å²) in [6, 6.07) is 0. The zero-order chi connectivity index (χ0) is 5.98. The predicted molar refractivity (Wildman–Crippen MR) is 27.2 cm³/mol. The maximum Gasteiger partial charge on any atom is 0.209 e. The minimum absolute atomic E-state index is 0.111. The molecule has 0 unspecified atom stereocenters. The van der Waals surface area contributed by atoms with Crippen molar-refractivity contribution in [3.05, 3.63) is 0 Å². The fourth-order valence-electron chi connectivity index (χ4n) is 0.721. The maximum absolute atomic E-state index is 9.91. The van der Waals surface area contributed by atoms with E-state index in [9.17, 15) is 9.59 Å². The van der Waals surface area contributed by atoms with Crippen LogP contribution in [0.5, 0.6) is 0 Å². The Morgan fingerprint density at radius 3 is 2.38 bits per heavy atom. The highest BCUT2D eigenvalue weighted by Gasteiger charge is 2.23. The predicted octanol–water partition coefficient (Wildman–Crippen LogP) is -0.726. The fraction of sp³-hybridized carbons (Fsp3) is 0.600. The van der Waals surface area contributed by atoms with Gasteiger partial charge in [-0.1, -0.05) is 0 Å². The highest BCUT2D eigenvalue weighted by atomic mass is 16.1. The lowest BCUT2D eigenvalue weighted by molar-refractivity contribution is -0.127. The molecule has 1 aliphatic heterocycles. The molecular formula is C5H7NO2. The van der Waals surface area contributed by atoms with E-state index in [2.05, 4.69) is 0 Å². The molecule has 1 aliphatic rings. The summed E-state index contributed by atoms with van der Waals surface area (Å²) in [7, 11) is 0. The molecule has 1 heterocycles. The third-order valence-electron chi connectivity index (χ3n) is 1.28. The SMILES string of the molecule is O=CC1CN(C=O)C1. The number of hydrogen-bond acceptors (Lipinski definition) is 2. The van der Waals surface area contributed by atoms with E-state index in [1.165, 1.54) is 0 Å². The zero-order valence-corrected chi connectivity index (χ0v) is 4.41. The topological polar surface area (TPSA) is 37.4 Å². The highest BCUT2D eigenvalue weighted by molar-refractivity contribution is 5.60. The lowest BCUT2D eigenvalue weighted by Crippen LogP contribution is -2.46. The van der Waals surface area contributed by atoms with Gasteiger partial charge in [0.15, 0.2) is 0 Å². The molecule has 0 bridgehead atoms. The van der Waals surface area contributed by atoms with Gasteiger partial charge in [-0.05, 0) is 0 Å². The molecule has 0 aliphatic carbocycles. The van der Waals surface area contributed by atoms with Crippen molar-refractivity contribution in [1.82, 2.24) is 4.90 Å². The summed E-state index contributed by atoms with van der Waals surface area (Å²) in [5, 5.41) is 0. The van der Waals surface area contributed by atoms with Crippen molar-refractivity contribution in [2.24, 2.45) is 5.92 Å². The van der Waals surface area contributed by atoms with Crippen molar-refractivity contribution in [2.45, 2.75) is 0 Å². The largest absolute Gasteiger partial charge is 0.344 e. The first-order valence-corrected chi connectivity index (χ1v) is 2.51. The van der Waals surface area contributed by atoms with Gasteiger partial charge in [-0.3, -0.25) is 4.79 Å². The van der Waals surface area contributed by atoms with Gasteiger partial charge in [-0.2, -0.15) is 0 Å². The lowest BCUT2D eigenvalue weighted by atomic mass is 10.0. The minimum Gasteiger partial charge on any atom is -0.344 e. The number of nitrogens with zero attached hydrogens (tertiary/aromatic N) is 1. The van der Waals surface area contributed by atoms with Crippen molar-refractivity contribution in [3.63, 3.8) is 0 Å². The standard InChI is InChI=1S/C5H7NO2/c7-3-5-1-6(2-5)4-8/h3-5H,1-2H2. The van der Waals surface area contributed by atoms with E-state index in [1.807, 2.05) is 0 Å². The number of rotatable bonds is 2. The number of aldehydes is 1. The molecule has 0 saturated carbocycles. The van der Waals surface area contributed by atoms with Crippen LogP contribution in [0.15, 0.2) is 0 Å². The summed E-state index contributed by atoms with van der Waals surface area (Å²) < 4.78 is 0. The molecule has 0 aromatic rings. The van der Waals surface area contributed by atoms with Gasteiger partial charge >= 0.3 is 0 Å². The summed E-state index contributed by atoms with van der Waals surface area (Å²) in [5.41, 5.74) is 0. The van der Waals surface area contributed by atoms with Crippen LogP contribution in [0.3, 0.4) is 0 Å². The summed E-state index contributed by atoms with van der Waals surface area (Å²) in [6.45, 7) is 1.24. The summed E-state index contributed by atoms with van der Waals surface area (Å²) in [4.78, 5) is 21.3. The van der Waals surface area contributed by atoms with E-state index in [0.29, 0.717) is 13.1 Å². The second-order valence-corrected chi connectivity index (χ2v) is 1.96. The molecule has 0 atom stereocenters. The van der Waals surface area contributed by atoms with Gasteiger partial charge in [0.2, 0.25) is 6.41 Å². The maximum atomic E-state index is 9.91. The van der Waals surface area contributed by atoms with E-state index in [4.69, 9.17) is 0 Å². The van der Waals surface area contributed by atoms with Gasteiger partial charge in [0, 0.05) is 19.0 Å². The molecule has 0 aromatic carbocycles. The quantitative estimate of drug-likeness (QED) is 0.443. The molecule has 44 valence electrons. The van der Waals surface area contributed by atoms with Crippen molar-refractivity contribution in [2.75, 3.05) is 13.1 Å². The van der Waals surface area contributed by atoms with Crippen LogP contribution in [0.4, 0.5) is 0 Å². The van der Waals surface area contributed by atoms with Gasteiger partial charge in [0.25, 0.3) is 0 Å². The van der Waals surface area contributed by atoms with Crippen LogP contribution in [-0.2, 0) is 9.59 Å². The average Bonchev–Trinajstić information content (AvgIpc) is 1.65. The number of hydrogen-bond donors (Lipinski definition) is 0. The Hall–Kier alpha value is -0.860. The molecule has 0 radical (unpaired) electrons. The van der Waals surface area contributed by atoms with Crippen LogP contribution in [0, 0.1) is 5.92 Å². The molecule has 3 nitrogen and oxygen atoms in total. The third kappa shape index (κ3) is 0.710. The Labute approximate surface area is 47.3 Å². The second-order valence-electron chi connectivity index (χ2n) is 1.96. The number of carbonyl (C=O) groups is 2. The summed E-state index contributed by atoms with van der Waals surface area (Å²) >= 11 is 0. The molecule has 0 N–H and O–H groups in total. The van der Waals surface area contributed by atoms with E-state index in [0.717, 1.165) is 12.7 Å². The molecule has 3 heteroatoms. The average molecular weight is 113 g/mol. The zero-order valence-electron chi connectivity index (χ0n) is 4.41. The van der Waals surface area contributed by atoms with E-state index in [1.54, 1.807) is 4.90 Å². The number of likely N-dealkylation sites (tertiary alicyclic amines) is 1. The monoisotopic (exact) mass is 113 g/mol. The van der Waals surface area contributed by atoms with Crippen molar-refractivity contribution < 1.29 is 9.59 Å². The smallest absolute Gasteiger partial charge is 0.209 e. The molecule has 1 saturated heterocycles. The van der Waals surface area contributed by atoms with Gasteiger partial charge in [-0.15, -0.1) is 0 Å². The lowest BCUT2D eigenvalue weighted by Gasteiger charge is -2.32. The van der Waals surface area contributed by atoms with E-state index in [-0.39, 0.29) is 5.92 Å². The van der Waals surface area contributed by atoms with Crippen LogP contribution >= 0.6 is 0 Å². The Bertz CT molecular complexity index is 95.0. The third-order valence-corrected chi connectivity index (χ3v) is 1.28. The van der Waals surface area contributed by atoms with E-state index < -0.39 is 0 Å². The number of carbonyl (C=O) groups excluding carboxylic acids is 2. The molecule has 1 fully saturated rings. The molecule has 1 amide bonds. The molecule has 1 rings (SSSR count). The first-order chi connectivity index (χ1) is 3.86. The second kappa shape index (κ2) is 1.94. The van der Waals surface area contributed by atoms with Gasteiger partial charge in [0.05, 0.1) is 0 Å². The normalized spacial score (nSPS) is 19.8. The van der Waals surface area contributed by atoms with Gasteiger partial charge < -0.3 is 9.69 Å². The van der Waals surface area contributed by atoms with Crippen molar-refractivity contribution in [1.29, 1.82) is 0 Å². The highest BCUT2D eigenvalue weighted by Crippen LogP contribution is 2.08.